The zero-order valence-electron chi connectivity index (χ0n) is 13.1. The number of halogens is 1. The third kappa shape index (κ3) is 3.08. The number of piperazine rings is 1. The van der Waals surface area contributed by atoms with Gasteiger partial charge in [-0.15, -0.1) is 0 Å². The maximum Gasteiger partial charge on any atom is 0.161 e. The van der Waals surface area contributed by atoms with Gasteiger partial charge in [0.05, 0.1) is 0 Å². The lowest BCUT2D eigenvalue weighted by Crippen LogP contribution is -2.44. The lowest BCUT2D eigenvalue weighted by molar-refractivity contribution is 0.582. The fraction of sp³-hybridized carbons (Fsp3) is 0.412. The Morgan fingerprint density at radius 1 is 1.14 bits per heavy atom. The van der Waals surface area contributed by atoms with E-state index in [1.807, 2.05) is 24.3 Å². The monoisotopic (exact) mass is 316 g/mol. The number of hydrogen-bond donors (Lipinski definition) is 1. The largest absolute Gasteiger partial charge is 0.354 e. The molecule has 22 heavy (non-hydrogen) atoms. The SMILES string of the molecule is CCc1c(C)nc(-c2ccc(Cl)cc2)nc1N1CCNCC1. The van der Waals surface area contributed by atoms with Gasteiger partial charge in [-0.3, -0.25) is 0 Å². The van der Waals surface area contributed by atoms with Crippen LogP contribution in [-0.2, 0) is 6.42 Å². The van der Waals surface area contributed by atoms with Gasteiger partial charge in [0.15, 0.2) is 5.82 Å². The van der Waals surface area contributed by atoms with Crippen LogP contribution in [0.25, 0.3) is 11.4 Å². The quantitative estimate of drug-likeness (QED) is 0.945. The Morgan fingerprint density at radius 3 is 2.45 bits per heavy atom. The van der Waals surface area contributed by atoms with E-state index in [9.17, 15) is 0 Å². The van der Waals surface area contributed by atoms with Gasteiger partial charge in [-0.1, -0.05) is 18.5 Å². The van der Waals surface area contributed by atoms with Crippen LogP contribution >= 0.6 is 11.6 Å². The summed E-state index contributed by atoms with van der Waals surface area (Å²) in [5.74, 6) is 1.86. The Bertz CT molecular complexity index is 648. The molecule has 1 fully saturated rings. The van der Waals surface area contributed by atoms with Gasteiger partial charge in [0.2, 0.25) is 0 Å². The first-order valence-corrected chi connectivity index (χ1v) is 8.16. The number of hydrogen-bond acceptors (Lipinski definition) is 4. The third-order valence-electron chi connectivity index (χ3n) is 4.06. The molecular weight excluding hydrogens is 296 g/mol. The normalized spacial score (nSPS) is 15.1. The molecule has 0 amide bonds. The topological polar surface area (TPSA) is 41.1 Å². The molecule has 3 rings (SSSR count). The molecule has 1 aromatic heterocycles. The van der Waals surface area contributed by atoms with E-state index in [2.05, 4.69) is 24.1 Å². The van der Waals surface area contributed by atoms with Crippen molar-refractivity contribution in [1.82, 2.24) is 15.3 Å². The molecule has 5 heteroatoms. The predicted octanol–water partition coefficient (Wildman–Crippen LogP) is 3.08. The van der Waals surface area contributed by atoms with Gasteiger partial charge in [0.1, 0.15) is 5.82 Å². The van der Waals surface area contributed by atoms with E-state index in [4.69, 9.17) is 21.6 Å². The van der Waals surface area contributed by atoms with Crippen LogP contribution in [0.2, 0.25) is 5.02 Å². The first kappa shape index (κ1) is 15.3. The van der Waals surface area contributed by atoms with Gasteiger partial charge >= 0.3 is 0 Å². The van der Waals surface area contributed by atoms with E-state index in [-0.39, 0.29) is 0 Å². The Labute approximate surface area is 136 Å². The van der Waals surface area contributed by atoms with Gasteiger partial charge in [-0.25, -0.2) is 9.97 Å². The maximum atomic E-state index is 5.98. The van der Waals surface area contributed by atoms with Crippen LogP contribution in [0.5, 0.6) is 0 Å². The summed E-state index contributed by atoms with van der Waals surface area (Å²) in [4.78, 5) is 11.9. The van der Waals surface area contributed by atoms with Gasteiger partial charge in [0.25, 0.3) is 0 Å². The molecule has 2 heterocycles. The highest BCUT2D eigenvalue weighted by atomic mass is 35.5. The van der Waals surface area contributed by atoms with E-state index >= 15 is 0 Å². The zero-order valence-corrected chi connectivity index (χ0v) is 13.8. The minimum absolute atomic E-state index is 0.730. The smallest absolute Gasteiger partial charge is 0.161 e. The second kappa shape index (κ2) is 6.63. The van der Waals surface area contributed by atoms with Crippen molar-refractivity contribution in [1.29, 1.82) is 0 Å². The molecule has 116 valence electrons. The Morgan fingerprint density at radius 2 is 1.82 bits per heavy atom. The van der Waals surface area contributed by atoms with Crippen molar-refractivity contribution >= 4 is 17.4 Å². The van der Waals surface area contributed by atoms with E-state index < -0.39 is 0 Å². The zero-order chi connectivity index (χ0) is 15.5. The number of aromatic nitrogens is 2. The van der Waals surface area contributed by atoms with Gasteiger partial charge in [0, 0.05) is 48.0 Å². The first-order chi connectivity index (χ1) is 10.7. The molecule has 0 unspecified atom stereocenters. The average molecular weight is 317 g/mol. The summed E-state index contributed by atoms with van der Waals surface area (Å²) in [5, 5.41) is 4.12. The molecule has 0 radical (unpaired) electrons. The van der Waals surface area contributed by atoms with Crippen molar-refractivity contribution in [3.63, 3.8) is 0 Å². The molecule has 0 bridgehead atoms. The molecule has 4 nitrogen and oxygen atoms in total. The van der Waals surface area contributed by atoms with Crippen molar-refractivity contribution in [2.45, 2.75) is 20.3 Å². The first-order valence-electron chi connectivity index (χ1n) is 7.78. The molecule has 0 saturated carbocycles. The van der Waals surface area contributed by atoms with Gasteiger partial charge in [-0.05, 0) is 37.6 Å². The van der Waals surface area contributed by atoms with Crippen molar-refractivity contribution < 1.29 is 0 Å². The van der Waals surface area contributed by atoms with E-state index in [1.54, 1.807) is 0 Å². The highest BCUT2D eigenvalue weighted by Gasteiger charge is 2.19. The molecular formula is C17H21ClN4. The summed E-state index contributed by atoms with van der Waals surface area (Å²) in [6.07, 6.45) is 0.950. The van der Waals surface area contributed by atoms with Crippen LogP contribution in [0, 0.1) is 6.92 Å². The van der Waals surface area contributed by atoms with E-state index in [0.29, 0.717) is 0 Å². The fourth-order valence-corrected chi connectivity index (χ4v) is 2.99. The number of nitrogens with zero attached hydrogens (tertiary/aromatic N) is 3. The molecule has 1 aromatic carbocycles. The van der Waals surface area contributed by atoms with Crippen molar-refractivity contribution in [2.24, 2.45) is 0 Å². The van der Waals surface area contributed by atoms with Gasteiger partial charge in [-0.2, -0.15) is 0 Å². The maximum absolute atomic E-state index is 5.98. The van der Waals surface area contributed by atoms with Crippen molar-refractivity contribution in [3.05, 3.63) is 40.5 Å². The van der Waals surface area contributed by atoms with Crippen LogP contribution in [0.4, 0.5) is 5.82 Å². The summed E-state index contributed by atoms with van der Waals surface area (Å²) < 4.78 is 0. The van der Waals surface area contributed by atoms with Crippen LogP contribution in [-0.4, -0.2) is 36.1 Å². The second-order valence-electron chi connectivity index (χ2n) is 5.53. The van der Waals surface area contributed by atoms with E-state index in [1.165, 1.54) is 5.56 Å². The molecule has 1 aliphatic heterocycles. The highest BCUT2D eigenvalue weighted by molar-refractivity contribution is 6.30. The van der Waals surface area contributed by atoms with Gasteiger partial charge < -0.3 is 10.2 Å². The highest BCUT2D eigenvalue weighted by Crippen LogP contribution is 2.26. The van der Waals surface area contributed by atoms with Crippen LogP contribution in [0.15, 0.2) is 24.3 Å². The molecule has 2 aromatic rings. The summed E-state index contributed by atoms with van der Waals surface area (Å²) >= 11 is 5.98. The number of aryl methyl sites for hydroxylation is 1. The summed E-state index contributed by atoms with van der Waals surface area (Å²) in [6, 6.07) is 7.72. The molecule has 1 aliphatic rings. The number of nitrogens with one attached hydrogen (secondary N) is 1. The lowest BCUT2D eigenvalue weighted by Gasteiger charge is -2.30. The minimum atomic E-state index is 0.730. The van der Waals surface area contributed by atoms with E-state index in [0.717, 1.165) is 60.5 Å². The molecule has 1 saturated heterocycles. The van der Waals surface area contributed by atoms with Crippen molar-refractivity contribution in [3.8, 4) is 11.4 Å². The lowest BCUT2D eigenvalue weighted by atomic mass is 10.1. The Hall–Kier alpha value is -1.65. The number of benzene rings is 1. The summed E-state index contributed by atoms with van der Waals surface area (Å²) in [6.45, 7) is 8.23. The number of anilines is 1. The van der Waals surface area contributed by atoms with Crippen LogP contribution < -0.4 is 10.2 Å². The summed E-state index contributed by atoms with van der Waals surface area (Å²) in [7, 11) is 0. The minimum Gasteiger partial charge on any atom is -0.354 e. The third-order valence-corrected chi connectivity index (χ3v) is 4.32. The summed E-state index contributed by atoms with van der Waals surface area (Å²) in [5.41, 5.74) is 3.32. The second-order valence-corrected chi connectivity index (χ2v) is 5.97. The fourth-order valence-electron chi connectivity index (χ4n) is 2.86. The van der Waals surface area contributed by atoms with Crippen molar-refractivity contribution in [2.75, 3.05) is 31.1 Å². The number of rotatable bonds is 3. The Balaban J connectivity index is 2.05. The average Bonchev–Trinajstić information content (AvgIpc) is 2.55. The molecule has 0 spiro atoms. The van der Waals surface area contributed by atoms with Crippen LogP contribution in [0.3, 0.4) is 0 Å². The molecule has 0 atom stereocenters. The Kier molecular flexibility index (Phi) is 4.60. The van der Waals surface area contributed by atoms with Crippen LogP contribution in [0.1, 0.15) is 18.2 Å². The predicted molar refractivity (Wildman–Crippen MR) is 91.7 cm³/mol. The molecule has 0 aliphatic carbocycles. The standard InChI is InChI=1S/C17H21ClN4/c1-3-15-12(2)20-16(13-4-6-14(18)7-5-13)21-17(15)22-10-8-19-9-11-22/h4-7,19H,3,8-11H2,1-2H3. The molecule has 1 N–H and O–H groups in total.